The van der Waals surface area contributed by atoms with Gasteiger partial charge in [-0.3, -0.25) is 4.99 Å². The van der Waals surface area contributed by atoms with Gasteiger partial charge < -0.3 is 10.6 Å². The molecule has 0 amide bonds. The van der Waals surface area contributed by atoms with Crippen LogP contribution in [0.5, 0.6) is 0 Å². The number of aliphatic imine (C=N–C) groups is 1. The molecular weight excluding hydrogens is 186 g/mol. The van der Waals surface area contributed by atoms with Crippen molar-refractivity contribution in [1.82, 2.24) is 5.32 Å². The molecule has 0 atom stereocenters. The fourth-order valence-electron chi connectivity index (χ4n) is 1.70. The lowest BCUT2D eigenvalue weighted by molar-refractivity contribution is 0.898. The van der Waals surface area contributed by atoms with Crippen LogP contribution in [0.25, 0.3) is 0 Å². The van der Waals surface area contributed by atoms with Crippen molar-refractivity contribution in [2.24, 2.45) is 4.99 Å². The van der Waals surface area contributed by atoms with Gasteiger partial charge in [0.2, 0.25) is 0 Å². The average molecular weight is 203 g/mol. The number of amidine groups is 1. The Morgan fingerprint density at radius 1 is 1.33 bits per heavy atom. The van der Waals surface area contributed by atoms with Crippen molar-refractivity contribution in [2.45, 2.75) is 19.9 Å². The highest BCUT2D eigenvalue weighted by atomic mass is 15.1. The van der Waals surface area contributed by atoms with Crippen molar-refractivity contribution < 1.29 is 0 Å². The molecule has 2 N–H and O–H groups in total. The second kappa shape index (κ2) is 4.34. The molecule has 1 aromatic rings. The summed E-state index contributed by atoms with van der Waals surface area (Å²) in [7, 11) is 0. The van der Waals surface area contributed by atoms with Crippen molar-refractivity contribution in [3.05, 3.63) is 29.8 Å². The smallest absolute Gasteiger partial charge is 0.130 e. The molecule has 2 rings (SSSR count). The zero-order valence-corrected chi connectivity index (χ0v) is 9.25. The SMILES string of the molecule is CC(C)Nc1ccccc1C1=NCCN1. The van der Waals surface area contributed by atoms with Crippen LogP contribution >= 0.6 is 0 Å². The molecule has 0 spiro atoms. The van der Waals surface area contributed by atoms with E-state index < -0.39 is 0 Å². The number of para-hydroxylation sites is 1. The number of hydrogen-bond donors (Lipinski definition) is 2. The van der Waals surface area contributed by atoms with E-state index in [0.29, 0.717) is 6.04 Å². The largest absolute Gasteiger partial charge is 0.382 e. The van der Waals surface area contributed by atoms with Crippen LogP contribution in [-0.2, 0) is 0 Å². The summed E-state index contributed by atoms with van der Waals surface area (Å²) in [5.74, 6) is 1.01. The third kappa shape index (κ3) is 2.29. The Morgan fingerprint density at radius 2 is 2.13 bits per heavy atom. The Labute approximate surface area is 90.6 Å². The maximum atomic E-state index is 4.44. The highest BCUT2D eigenvalue weighted by Gasteiger charge is 2.11. The normalized spacial score (nSPS) is 15.0. The Bertz CT molecular complexity index is 369. The Balaban J connectivity index is 2.29. The molecule has 0 fully saturated rings. The number of nitrogens with zero attached hydrogens (tertiary/aromatic N) is 1. The number of rotatable bonds is 3. The Hall–Kier alpha value is -1.51. The lowest BCUT2D eigenvalue weighted by atomic mass is 10.1. The zero-order valence-electron chi connectivity index (χ0n) is 9.25. The van der Waals surface area contributed by atoms with Gasteiger partial charge in [-0.15, -0.1) is 0 Å². The Morgan fingerprint density at radius 3 is 2.80 bits per heavy atom. The van der Waals surface area contributed by atoms with E-state index in [0.717, 1.165) is 24.6 Å². The van der Waals surface area contributed by atoms with Crippen LogP contribution in [0.3, 0.4) is 0 Å². The third-order valence-corrected chi connectivity index (χ3v) is 2.30. The van der Waals surface area contributed by atoms with E-state index in [9.17, 15) is 0 Å². The molecule has 0 aliphatic carbocycles. The molecule has 0 saturated carbocycles. The molecular formula is C12H17N3. The maximum absolute atomic E-state index is 4.44. The molecule has 1 aliphatic rings. The summed E-state index contributed by atoms with van der Waals surface area (Å²) >= 11 is 0. The predicted molar refractivity (Wildman–Crippen MR) is 64.6 cm³/mol. The quantitative estimate of drug-likeness (QED) is 0.786. The van der Waals surface area contributed by atoms with E-state index in [1.165, 1.54) is 5.56 Å². The number of anilines is 1. The van der Waals surface area contributed by atoms with Gasteiger partial charge in [0, 0.05) is 23.8 Å². The summed E-state index contributed by atoms with van der Waals surface area (Å²) in [6.45, 7) is 6.11. The molecule has 0 saturated heterocycles. The van der Waals surface area contributed by atoms with Crippen molar-refractivity contribution in [2.75, 3.05) is 18.4 Å². The zero-order chi connectivity index (χ0) is 10.7. The van der Waals surface area contributed by atoms with Crippen molar-refractivity contribution in [3.8, 4) is 0 Å². The fourth-order valence-corrected chi connectivity index (χ4v) is 1.70. The van der Waals surface area contributed by atoms with E-state index in [1.54, 1.807) is 0 Å². The molecule has 1 heterocycles. The van der Waals surface area contributed by atoms with Crippen molar-refractivity contribution in [3.63, 3.8) is 0 Å². The van der Waals surface area contributed by atoms with Gasteiger partial charge in [-0.1, -0.05) is 12.1 Å². The van der Waals surface area contributed by atoms with Gasteiger partial charge in [0.25, 0.3) is 0 Å². The minimum absolute atomic E-state index is 0.438. The predicted octanol–water partition coefficient (Wildman–Crippen LogP) is 1.86. The molecule has 0 aromatic heterocycles. The first-order valence-electron chi connectivity index (χ1n) is 5.41. The summed E-state index contributed by atoms with van der Waals surface area (Å²) < 4.78 is 0. The molecule has 0 radical (unpaired) electrons. The van der Waals surface area contributed by atoms with E-state index in [4.69, 9.17) is 0 Å². The maximum Gasteiger partial charge on any atom is 0.130 e. The van der Waals surface area contributed by atoms with Gasteiger partial charge in [0.1, 0.15) is 5.84 Å². The van der Waals surface area contributed by atoms with Crippen LogP contribution in [0.2, 0.25) is 0 Å². The summed E-state index contributed by atoms with van der Waals surface area (Å²) in [5, 5.41) is 6.73. The van der Waals surface area contributed by atoms with Gasteiger partial charge in [-0.2, -0.15) is 0 Å². The lowest BCUT2D eigenvalue weighted by Gasteiger charge is -2.14. The molecule has 15 heavy (non-hydrogen) atoms. The van der Waals surface area contributed by atoms with Gasteiger partial charge >= 0.3 is 0 Å². The highest BCUT2D eigenvalue weighted by molar-refractivity contribution is 6.04. The topological polar surface area (TPSA) is 36.4 Å². The van der Waals surface area contributed by atoms with Gasteiger partial charge in [0.15, 0.2) is 0 Å². The second-order valence-electron chi connectivity index (χ2n) is 4.00. The van der Waals surface area contributed by atoms with Crippen LogP contribution in [-0.4, -0.2) is 25.0 Å². The fraction of sp³-hybridized carbons (Fsp3) is 0.417. The van der Waals surface area contributed by atoms with E-state index in [-0.39, 0.29) is 0 Å². The van der Waals surface area contributed by atoms with E-state index >= 15 is 0 Å². The molecule has 1 aromatic carbocycles. The first-order chi connectivity index (χ1) is 7.27. The van der Waals surface area contributed by atoms with Crippen LogP contribution in [0, 0.1) is 0 Å². The summed E-state index contributed by atoms with van der Waals surface area (Å²) in [4.78, 5) is 4.44. The van der Waals surface area contributed by atoms with E-state index in [1.807, 2.05) is 12.1 Å². The van der Waals surface area contributed by atoms with E-state index in [2.05, 4.69) is 41.6 Å². The van der Waals surface area contributed by atoms with Gasteiger partial charge in [-0.25, -0.2) is 0 Å². The minimum atomic E-state index is 0.438. The van der Waals surface area contributed by atoms with Crippen LogP contribution in [0.15, 0.2) is 29.3 Å². The molecule has 3 heteroatoms. The van der Waals surface area contributed by atoms with Crippen LogP contribution in [0.1, 0.15) is 19.4 Å². The van der Waals surface area contributed by atoms with Crippen molar-refractivity contribution >= 4 is 11.5 Å². The Kier molecular flexibility index (Phi) is 2.90. The standard InChI is InChI=1S/C12H17N3/c1-9(2)15-11-6-4-3-5-10(11)12-13-7-8-14-12/h3-6,9,15H,7-8H2,1-2H3,(H,13,14). The van der Waals surface area contributed by atoms with Gasteiger partial charge in [0.05, 0.1) is 6.54 Å². The highest BCUT2D eigenvalue weighted by Crippen LogP contribution is 2.17. The number of benzene rings is 1. The number of nitrogens with one attached hydrogen (secondary N) is 2. The second-order valence-corrected chi connectivity index (χ2v) is 4.00. The monoisotopic (exact) mass is 203 g/mol. The molecule has 0 unspecified atom stereocenters. The third-order valence-electron chi connectivity index (χ3n) is 2.30. The molecule has 0 bridgehead atoms. The minimum Gasteiger partial charge on any atom is -0.382 e. The summed E-state index contributed by atoms with van der Waals surface area (Å²) in [6.07, 6.45) is 0. The lowest BCUT2D eigenvalue weighted by Crippen LogP contribution is -2.22. The molecule has 1 aliphatic heterocycles. The number of hydrogen-bond acceptors (Lipinski definition) is 3. The summed E-state index contributed by atoms with van der Waals surface area (Å²) in [6, 6.07) is 8.72. The molecule has 3 nitrogen and oxygen atoms in total. The van der Waals surface area contributed by atoms with Crippen molar-refractivity contribution in [1.29, 1.82) is 0 Å². The first-order valence-corrected chi connectivity index (χ1v) is 5.41. The average Bonchev–Trinajstić information content (AvgIpc) is 2.70. The first kappa shape index (κ1) is 10.0. The van der Waals surface area contributed by atoms with Gasteiger partial charge in [-0.05, 0) is 26.0 Å². The summed E-state index contributed by atoms with van der Waals surface area (Å²) in [5.41, 5.74) is 2.32. The van der Waals surface area contributed by atoms with Crippen LogP contribution in [0.4, 0.5) is 5.69 Å². The van der Waals surface area contributed by atoms with Crippen LogP contribution < -0.4 is 10.6 Å². The molecule has 80 valence electrons.